The SMILES string of the molecule is Cc1cc(Cl)c(NC2c3ccccc3OCC2C)cc1Cl. The smallest absolute Gasteiger partial charge is 0.124 e. The zero-order chi connectivity index (χ0) is 15.0. The fourth-order valence-corrected chi connectivity index (χ4v) is 3.07. The third kappa shape index (κ3) is 2.83. The zero-order valence-electron chi connectivity index (χ0n) is 12.0. The van der Waals surface area contributed by atoms with Crippen LogP contribution < -0.4 is 10.1 Å². The van der Waals surface area contributed by atoms with Crippen molar-refractivity contribution in [1.29, 1.82) is 0 Å². The summed E-state index contributed by atoms with van der Waals surface area (Å²) in [5.41, 5.74) is 3.00. The molecule has 0 spiro atoms. The van der Waals surface area contributed by atoms with Crippen LogP contribution in [0.2, 0.25) is 10.0 Å². The molecule has 0 radical (unpaired) electrons. The second-order valence-electron chi connectivity index (χ2n) is 5.53. The molecule has 0 amide bonds. The Morgan fingerprint density at radius 3 is 2.71 bits per heavy atom. The number of halogens is 2. The van der Waals surface area contributed by atoms with Gasteiger partial charge in [-0.2, -0.15) is 0 Å². The number of para-hydroxylation sites is 1. The Hall–Kier alpha value is -1.38. The van der Waals surface area contributed by atoms with Crippen molar-refractivity contribution >= 4 is 28.9 Å². The predicted octanol–water partition coefficient (Wildman–Crippen LogP) is 5.48. The first-order valence-electron chi connectivity index (χ1n) is 7.00. The monoisotopic (exact) mass is 321 g/mol. The van der Waals surface area contributed by atoms with E-state index in [1.165, 1.54) is 0 Å². The molecule has 0 bridgehead atoms. The Balaban J connectivity index is 1.96. The van der Waals surface area contributed by atoms with Gasteiger partial charge in [0.2, 0.25) is 0 Å². The van der Waals surface area contributed by atoms with Gasteiger partial charge < -0.3 is 10.1 Å². The average Bonchev–Trinajstić information content (AvgIpc) is 2.47. The molecule has 0 aromatic heterocycles. The van der Waals surface area contributed by atoms with Crippen LogP contribution in [0.3, 0.4) is 0 Å². The van der Waals surface area contributed by atoms with Crippen molar-refractivity contribution in [2.75, 3.05) is 11.9 Å². The maximum atomic E-state index is 6.34. The Morgan fingerprint density at radius 2 is 1.90 bits per heavy atom. The van der Waals surface area contributed by atoms with Gasteiger partial charge in [0.25, 0.3) is 0 Å². The molecule has 0 aliphatic carbocycles. The summed E-state index contributed by atoms with van der Waals surface area (Å²) in [7, 11) is 0. The maximum Gasteiger partial charge on any atom is 0.124 e. The second kappa shape index (κ2) is 5.78. The summed E-state index contributed by atoms with van der Waals surface area (Å²) in [6.07, 6.45) is 0. The molecule has 3 rings (SSSR count). The summed E-state index contributed by atoms with van der Waals surface area (Å²) in [4.78, 5) is 0. The molecule has 1 N–H and O–H groups in total. The summed E-state index contributed by atoms with van der Waals surface area (Å²) in [6, 6.07) is 12.0. The van der Waals surface area contributed by atoms with Crippen molar-refractivity contribution in [3.05, 3.63) is 57.6 Å². The highest BCUT2D eigenvalue weighted by molar-refractivity contribution is 6.35. The van der Waals surface area contributed by atoms with Gasteiger partial charge >= 0.3 is 0 Å². The van der Waals surface area contributed by atoms with E-state index in [1.807, 2.05) is 37.3 Å². The van der Waals surface area contributed by atoms with Gasteiger partial charge in [0, 0.05) is 16.5 Å². The molecule has 1 aliphatic heterocycles. The maximum absolute atomic E-state index is 6.34. The lowest BCUT2D eigenvalue weighted by atomic mass is 9.92. The molecule has 110 valence electrons. The van der Waals surface area contributed by atoms with E-state index >= 15 is 0 Å². The molecule has 0 saturated carbocycles. The summed E-state index contributed by atoms with van der Waals surface area (Å²) in [5, 5.41) is 4.93. The van der Waals surface area contributed by atoms with E-state index < -0.39 is 0 Å². The van der Waals surface area contributed by atoms with E-state index in [4.69, 9.17) is 27.9 Å². The van der Waals surface area contributed by atoms with Gasteiger partial charge in [0.15, 0.2) is 0 Å². The number of fused-ring (bicyclic) bond motifs is 1. The normalized spacial score (nSPS) is 20.6. The number of nitrogens with one attached hydrogen (secondary N) is 1. The van der Waals surface area contributed by atoms with E-state index in [1.54, 1.807) is 0 Å². The molecule has 2 nitrogen and oxygen atoms in total. The zero-order valence-corrected chi connectivity index (χ0v) is 13.5. The van der Waals surface area contributed by atoms with Crippen LogP contribution in [0.5, 0.6) is 5.75 Å². The van der Waals surface area contributed by atoms with Crippen molar-refractivity contribution in [2.24, 2.45) is 5.92 Å². The van der Waals surface area contributed by atoms with Crippen LogP contribution in [0.15, 0.2) is 36.4 Å². The van der Waals surface area contributed by atoms with Gasteiger partial charge in [-0.25, -0.2) is 0 Å². The van der Waals surface area contributed by atoms with Gasteiger partial charge in [-0.1, -0.05) is 48.3 Å². The lowest BCUT2D eigenvalue weighted by Gasteiger charge is -2.33. The number of rotatable bonds is 2. The van der Waals surface area contributed by atoms with E-state index in [0.717, 1.165) is 27.6 Å². The Morgan fingerprint density at radius 1 is 1.14 bits per heavy atom. The van der Waals surface area contributed by atoms with Crippen LogP contribution in [0.1, 0.15) is 24.1 Å². The molecule has 4 heteroatoms. The summed E-state index contributed by atoms with van der Waals surface area (Å²) in [5.74, 6) is 1.28. The Bertz CT molecular complexity index is 672. The van der Waals surface area contributed by atoms with Crippen molar-refractivity contribution in [3.8, 4) is 5.75 Å². The number of hydrogen-bond donors (Lipinski definition) is 1. The molecule has 21 heavy (non-hydrogen) atoms. The third-order valence-electron chi connectivity index (χ3n) is 3.88. The van der Waals surface area contributed by atoms with Crippen LogP contribution in [-0.2, 0) is 0 Å². The highest BCUT2D eigenvalue weighted by Gasteiger charge is 2.28. The molecule has 0 fully saturated rings. The van der Waals surface area contributed by atoms with Gasteiger partial charge in [0.1, 0.15) is 5.75 Å². The minimum atomic E-state index is 0.159. The van der Waals surface area contributed by atoms with Gasteiger partial charge in [-0.3, -0.25) is 0 Å². The number of ether oxygens (including phenoxy) is 1. The van der Waals surface area contributed by atoms with Crippen molar-refractivity contribution in [3.63, 3.8) is 0 Å². The lowest BCUT2D eigenvalue weighted by Crippen LogP contribution is -2.28. The molecule has 2 unspecified atom stereocenters. The first-order chi connectivity index (χ1) is 10.1. The van der Waals surface area contributed by atoms with Gasteiger partial charge in [0.05, 0.1) is 23.4 Å². The second-order valence-corrected chi connectivity index (χ2v) is 6.34. The topological polar surface area (TPSA) is 21.3 Å². The van der Waals surface area contributed by atoms with E-state index in [9.17, 15) is 0 Å². The minimum Gasteiger partial charge on any atom is -0.493 e. The molecule has 1 aliphatic rings. The molecular weight excluding hydrogens is 305 g/mol. The Kier molecular flexibility index (Phi) is 4.01. The minimum absolute atomic E-state index is 0.159. The van der Waals surface area contributed by atoms with Crippen LogP contribution in [0, 0.1) is 12.8 Å². The van der Waals surface area contributed by atoms with Gasteiger partial charge in [-0.15, -0.1) is 0 Å². The summed E-state index contributed by atoms with van der Waals surface area (Å²) in [6.45, 7) is 4.80. The first-order valence-corrected chi connectivity index (χ1v) is 7.76. The quantitative estimate of drug-likeness (QED) is 0.790. The molecule has 0 saturated heterocycles. The average molecular weight is 322 g/mol. The fourth-order valence-electron chi connectivity index (χ4n) is 2.64. The molecule has 2 aromatic carbocycles. The molecular formula is C17H17Cl2NO. The van der Waals surface area contributed by atoms with Crippen molar-refractivity contribution in [1.82, 2.24) is 0 Å². The highest BCUT2D eigenvalue weighted by Crippen LogP contribution is 2.39. The Labute approximate surface area is 135 Å². The molecule has 2 aromatic rings. The summed E-state index contributed by atoms with van der Waals surface area (Å²) < 4.78 is 5.78. The number of hydrogen-bond acceptors (Lipinski definition) is 2. The van der Waals surface area contributed by atoms with Crippen molar-refractivity contribution < 1.29 is 4.74 Å². The van der Waals surface area contributed by atoms with Crippen LogP contribution >= 0.6 is 23.2 Å². The van der Waals surface area contributed by atoms with Crippen LogP contribution in [0.25, 0.3) is 0 Å². The summed E-state index contributed by atoms with van der Waals surface area (Å²) >= 11 is 12.6. The largest absolute Gasteiger partial charge is 0.493 e. The van der Waals surface area contributed by atoms with Crippen LogP contribution in [-0.4, -0.2) is 6.61 Å². The molecule has 2 atom stereocenters. The van der Waals surface area contributed by atoms with E-state index in [0.29, 0.717) is 17.5 Å². The fraction of sp³-hybridized carbons (Fsp3) is 0.294. The number of benzene rings is 2. The number of aryl methyl sites for hydroxylation is 1. The third-order valence-corrected chi connectivity index (χ3v) is 4.60. The van der Waals surface area contributed by atoms with Gasteiger partial charge in [-0.05, 0) is 30.7 Å². The van der Waals surface area contributed by atoms with Crippen LogP contribution in [0.4, 0.5) is 5.69 Å². The van der Waals surface area contributed by atoms with Crippen molar-refractivity contribution in [2.45, 2.75) is 19.9 Å². The number of anilines is 1. The molecule has 1 heterocycles. The highest BCUT2D eigenvalue weighted by atomic mass is 35.5. The van der Waals surface area contributed by atoms with E-state index in [-0.39, 0.29) is 6.04 Å². The predicted molar refractivity (Wildman–Crippen MR) is 88.7 cm³/mol. The standard InChI is InChI=1S/C17H17Cl2NO/c1-10-7-14(19)15(8-13(10)18)20-17-11(2)9-21-16-6-4-3-5-12(16)17/h3-8,11,17,20H,9H2,1-2H3. The lowest BCUT2D eigenvalue weighted by molar-refractivity contribution is 0.214. The first kappa shape index (κ1) is 14.6. The van der Waals surface area contributed by atoms with E-state index in [2.05, 4.69) is 18.3 Å².